The maximum atomic E-state index is 12.0. The Morgan fingerprint density at radius 2 is 2.21 bits per heavy atom. The van der Waals surface area contributed by atoms with Crippen molar-refractivity contribution in [3.63, 3.8) is 0 Å². The normalized spacial score (nSPS) is 17.4. The summed E-state index contributed by atoms with van der Waals surface area (Å²) in [6.07, 6.45) is 4.34. The van der Waals surface area contributed by atoms with E-state index in [1.807, 2.05) is 47.9 Å². The molecule has 2 heterocycles. The topological polar surface area (TPSA) is 63.2 Å². The first kappa shape index (κ1) is 18.6. The summed E-state index contributed by atoms with van der Waals surface area (Å²) in [5.41, 5.74) is 1.96. The smallest absolute Gasteiger partial charge is 0.227 e. The Balaban J connectivity index is 0.00000208. The molecule has 1 aliphatic rings. The minimum absolute atomic E-state index is 0. The highest BCUT2D eigenvalue weighted by atomic mass is 35.5. The molecule has 2 N–H and O–H groups in total. The average Bonchev–Trinajstić information content (AvgIpc) is 3.02. The van der Waals surface area contributed by atoms with Gasteiger partial charge in [0.05, 0.1) is 18.9 Å². The fourth-order valence-electron chi connectivity index (χ4n) is 2.31. The summed E-state index contributed by atoms with van der Waals surface area (Å²) >= 11 is 1.43. The minimum Gasteiger partial charge on any atom is -0.378 e. The lowest BCUT2D eigenvalue weighted by atomic mass is 10.2. The second-order valence-corrected chi connectivity index (χ2v) is 6.16. The lowest BCUT2D eigenvalue weighted by molar-refractivity contribution is -0.117. The zero-order valence-corrected chi connectivity index (χ0v) is 14.7. The van der Waals surface area contributed by atoms with Crippen molar-refractivity contribution in [1.29, 1.82) is 0 Å². The second kappa shape index (κ2) is 9.54. The summed E-state index contributed by atoms with van der Waals surface area (Å²) in [6.45, 7) is 2.09. The van der Waals surface area contributed by atoms with Crippen molar-refractivity contribution >= 4 is 46.9 Å². The summed E-state index contributed by atoms with van der Waals surface area (Å²) < 4.78 is 5.35. The predicted molar refractivity (Wildman–Crippen MR) is 101 cm³/mol. The summed E-state index contributed by atoms with van der Waals surface area (Å²) in [7, 11) is 0. The molecule has 0 aliphatic carbocycles. The zero-order valence-electron chi connectivity index (χ0n) is 13.1. The first-order valence-corrected chi connectivity index (χ1v) is 8.47. The third-order valence-corrected chi connectivity index (χ3v) is 4.22. The number of carbonyl (C=O) groups is 1. The fourth-order valence-corrected chi connectivity index (χ4v) is 3.01. The van der Waals surface area contributed by atoms with Crippen molar-refractivity contribution in [3.05, 3.63) is 47.0 Å². The van der Waals surface area contributed by atoms with Crippen molar-refractivity contribution in [2.45, 2.75) is 12.5 Å². The quantitative estimate of drug-likeness (QED) is 0.854. The van der Waals surface area contributed by atoms with Crippen LogP contribution < -0.4 is 10.6 Å². The minimum atomic E-state index is -0.0408. The van der Waals surface area contributed by atoms with Gasteiger partial charge in [-0.05, 0) is 11.6 Å². The van der Waals surface area contributed by atoms with Crippen molar-refractivity contribution < 1.29 is 9.53 Å². The van der Waals surface area contributed by atoms with Crippen LogP contribution in [0.4, 0.5) is 5.13 Å². The molecule has 2 aromatic rings. The first-order valence-electron chi connectivity index (χ1n) is 7.59. The van der Waals surface area contributed by atoms with Gasteiger partial charge in [-0.2, -0.15) is 0 Å². The molecule has 0 saturated carbocycles. The van der Waals surface area contributed by atoms with Crippen LogP contribution in [0.3, 0.4) is 0 Å². The summed E-state index contributed by atoms with van der Waals surface area (Å²) in [6, 6.07) is 10.1. The largest absolute Gasteiger partial charge is 0.378 e. The molecule has 1 aromatic heterocycles. The van der Waals surface area contributed by atoms with E-state index in [4.69, 9.17) is 4.74 Å². The number of anilines is 1. The van der Waals surface area contributed by atoms with E-state index in [0.29, 0.717) is 24.8 Å². The van der Waals surface area contributed by atoms with E-state index < -0.39 is 0 Å². The van der Waals surface area contributed by atoms with Crippen molar-refractivity contribution in [2.24, 2.45) is 0 Å². The van der Waals surface area contributed by atoms with Gasteiger partial charge in [-0.25, -0.2) is 4.98 Å². The monoisotopic (exact) mass is 365 g/mol. The third-order valence-electron chi connectivity index (χ3n) is 3.44. The van der Waals surface area contributed by atoms with Gasteiger partial charge in [0.1, 0.15) is 0 Å². The van der Waals surface area contributed by atoms with E-state index in [1.165, 1.54) is 11.3 Å². The second-order valence-electron chi connectivity index (χ2n) is 5.30. The predicted octanol–water partition coefficient (Wildman–Crippen LogP) is 3.05. The molecule has 24 heavy (non-hydrogen) atoms. The fraction of sp³-hybridized carbons (Fsp3) is 0.294. The number of halogens is 1. The number of nitrogens with zero attached hydrogens (tertiary/aromatic N) is 1. The van der Waals surface area contributed by atoms with Crippen LogP contribution in [0.25, 0.3) is 12.2 Å². The molecule has 5 nitrogen and oxygen atoms in total. The van der Waals surface area contributed by atoms with Crippen LogP contribution in [0.2, 0.25) is 0 Å². The molecule has 1 aliphatic heterocycles. The van der Waals surface area contributed by atoms with Crippen molar-refractivity contribution in [1.82, 2.24) is 10.3 Å². The number of rotatable bonds is 5. The van der Waals surface area contributed by atoms with Gasteiger partial charge in [0, 0.05) is 24.4 Å². The van der Waals surface area contributed by atoms with Crippen LogP contribution in [0, 0.1) is 0 Å². The number of hydrogen-bond acceptors (Lipinski definition) is 5. The molecule has 7 heteroatoms. The van der Waals surface area contributed by atoms with E-state index in [1.54, 1.807) is 0 Å². The van der Waals surface area contributed by atoms with Crippen LogP contribution in [0.5, 0.6) is 0 Å². The highest BCUT2D eigenvalue weighted by Crippen LogP contribution is 2.18. The molecule has 1 saturated heterocycles. The van der Waals surface area contributed by atoms with Crippen LogP contribution in [0.15, 0.2) is 35.7 Å². The Kier molecular flexibility index (Phi) is 7.39. The molecule has 1 atom stereocenters. The number of thiazole rings is 1. The molecular weight excluding hydrogens is 346 g/mol. The molecule has 0 radical (unpaired) electrons. The van der Waals surface area contributed by atoms with Crippen molar-refractivity contribution in [2.75, 3.05) is 25.1 Å². The Bertz CT molecular complexity index is 669. The molecule has 0 bridgehead atoms. The number of nitrogens with one attached hydrogen (secondary N) is 2. The Labute approximate surface area is 151 Å². The molecule has 1 fully saturated rings. The maximum absolute atomic E-state index is 12.0. The lowest BCUT2D eigenvalue weighted by Gasteiger charge is -2.22. The van der Waals surface area contributed by atoms with Crippen LogP contribution in [-0.4, -0.2) is 36.7 Å². The molecular formula is C17H20ClN3O2S. The molecule has 3 rings (SSSR count). The van der Waals surface area contributed by atoms with Gasteiger partial charge in [-0.3, -0.25) is 4.79 Å². The van der Waals surface area contributed by atoms with Crippen LogP contribution in [-0.2, 0) is 9.53 Å². The van der Waals surface area contributed by atoms with Gasteiger partial charge in [0.25, 0.3) is 0 Å². The summed E-state index contributed by atoms with van der Waals surface area (Å²) in [5, 5.41) is 8.66. The molecule has 1 unspecified atom stereocenters. The van der Waals surface area contributed by atoms with Gasteiger partial charge < -0.3 is 15.4 Å². The van der Waals surface area contributed by atoms with Crippen LogP contribution >= 0.6 is 23.7 Å². The summed E-state index contributed by atoms with van der Waals surface area (Å²) in [5.74, 6) is -0.0408. The van der Waals surface area contributed by atoms with Gasteiger partial charge >= 0.3 is 0 Å². The summed E-state index contributed by atoms with van der Waals surface area (Å²) in [4.78, 5) is 16.4. The number of amides is 1. The van der Waals surface area contributed by atoms with Gasteiger partial charge in [0.2, 0.25) is 5.91 Å². The van der Waals surface area contributed by atoms with Gasteiger partial charge in [-0.1, -0.05) is 36.4 Å². The van der Waals surface area contributed by atoms with E-state index in [-0.39, 0.29) is 24.4 Å². The van der Waals surface area contributed by atoms with Gasteiger partial charge in [0.15, 0.2) is 5.13 Å². The van der Waals surface area contributed by atoms with E-state index >= 15 is 0 Å². The molecule has 1 amide bonds. The molecule has 0 spiro atoms. The number of benzene rings is 1. The van der Waals surface area contributed by atoms with Gasteiger partial charge in [-0.15, -0.1) is 23.7 Å². The number of morpholine rings is 1. The number of carbonyl (C=O) groups excluding carboxylic acids is 1. The molecule has 128 valence electrons. The maximum Gasteiger partial charge on any atom is 0.227 e. The molecule has 1 aromatic carbocycles. The van der Waals surface area contributed by atoms with E-state index in [0.717, 1.165) is 17.8 Å². The highest BCUT2D eigenvalue weighted by Gasteiger charge is 2.17. The average molecular weight is 366 g/mol. The Morgan fingerprint density at radius 3 is 2.96 bits per heavy atom. The number of aromatic nitrogens is 1. The highest BCUT2D eigenvalue weighted by molar-refractivity contribution is 7.14. The van der Waals surface area contributed by atoms with E-state index in [9.17, 15) is 4.79 Å². The number of hydrogen-bond donors (Lipinski definition) is 2. The lowest BCUT2D eigenvalue weighted by Crippen LogP contribution is -2.43. The SMILES string of the molecule is Cl.O=C(CC1COCCN1)Nc1nc(/C=C/c2ccccc2)cs1. The first-order chi connectivity index (χ1) is 11.3. The van der Waals surface area contributed by atoms with Crippen molar-refractivity contribution in [3.8, 4) is 0 Å². The Morgan fingerprint density at radius 1 is 1.38 bits per heavy atom. The van der Waals surface area contributed by atoms with Crippen LogP contribution in [0.1, 0.15) is 17.7 Å². The standard InChI is InChI=1S/C17H19N3O2S.ClH/c21-16(10-15-11-22-9-8-18-15)20-17-19-14(12-23-17)7-6-13-4-2-1-3-5-13;/h1-7,12,15,18H,8-11H2,(H,19,20,21);1H/b7-6+;. The number of ether oxygens (including phenoxy) is 1. The Hall–Kier alpha value is -1.73. The van der Waals surface area contributed by atoms with E-state index in [2.05, 4.69) is 15.6 Å². The third kappa shape index (κ3) is 5.72. The zero-order chi connectivity index (χ0) is 15.9.